The molecule has 302 valence electrons. The lowest BCUT2D eigenvalue weighted by Gasteiger charge is -2.45. The van der Waals surface area contributed by atoms with Crippen LogP contribution in [0.3, 0.4) is 0 Å². The van der Waals surface area contributed by atoms with E-state index in [0.29, 0.717) is 0 Å². The maximum Gasteiger partial charge on any atom is 0.122 e. The number of nitrogens with zero attached hydrogens (tertiary/aromatic N) is 3. The van der Waals surface area contributed by atoms with Gasteiger partial charge in [0.1, 0.15) is 5.54 Å². The molecule has 1 heterocycles. The molecule has 0 amide bonds. The van der Waals surface area contributed by atoms with Crippen LogP contribution in [0, 0.1) is 0 Å². The maximum atomic E-state index is 2.55. The largest absolute Gasteiger partial charge is 0.323 e. The second-order valence-electron chi connectivity index (χ2n) is 16.5. The smallest absolute Gasteiger partial charge is 0.122 e. The predicted octanol–water partition coefficient (Wildman–Crippen LogP) is 16.0. The number of hydrogen-bond donors (Lipinski definition) is 0. The van der Waals surface area contributed by atoms with Crippen LogP contribution >= 0.6 is 0 Å². The molecule has 11 aromatic rings. The lowest BCUT2D eigenvalue weighted by Crippen LogP contribution is -2.44. The van der Waals surface area contributed by atoms with Crippen LogP contribution in [0.5, 0.6) is 0 Å². The summed E-state index contributed by atoms with van der Waals surface area (Å²) in [5.74, 6) is 0. The molecule has 12 rings (SSSR count). The molecule has 64 heavy (non-hydrogen) atoms. The molecule has 1 aliphatic rings. The summed E-state index contributed by atoms with van der Waals surface area (Å²) in [6.45, 7) is 0. The predicted molar refractivity (Wildman–Crippen MR) is 268 cm³/mol. The van der Waals surface area contributed by atoms with Crippen LogP contribution in [0.1, 0.15) is 16.7 Å². The molecule has 0 radical (unpaired) electrons. The molecule has 0 fully saturated rings. The van der Waals surface area contributed by atoms with Crippen LogP contribution in [0.4, 0.5) is 28.4 Å². The molecule has 1 atom stereocenters. The Kier molecular flexibility index (Phi) is 9.05. The van der Waals surface area contributed by atoms with Gasteiger partial charge in [-0.1, -0.05) is 182 Å². The molecule has 3 heteroatoms. The first kappa shape index (κ1) is 37.4. The van der Waals surface area contributed by atoms with Gasteiger partial charge >= 0.3 is 0 Å². The van der Waals surface area contributed by atoms with Crippen molar-refractivity contribution in [1.82, 2.24) is 4.57 Å². The Morgan fingerprint density at radius 1 is 0.312 bits per heavy atom. The maximum absolute atomic E-state index is 2.55. The Morgan fingerprint density at radius 2 is 0.844 bits per heavy atom. The summed E-state index contributed by atoms with van der Waals surface area (Å²) in [6, 6.07) is 95.0. The first-order chi connectivity index (χ1) is 31.8. The van der Waals surface area contributed by atoms with Crippen LogP contribution in [0.2, 0.25) is 0 Å². The molecule has 10 aromatic carbocycles. The fourth-order valence-electron chi connectivity index (χ4n) is 10.3. The summed E-state index contributed by atoms with van der Waals surface area (Å²) >= 11 is 0. The average Bonchev–Trinajstić information content (AvgIpc) is 3.86. The molecular formula is C61H43N3. The van der Waals surface area contributed by atoms with Crippen molar-refractivity contribution in [2.24, 2.45) is 0 Å². The quantitative estimate of drug-likeness (QED) is 0.144. The van der Waals surface area contributed by atoms with E-state index in [9.17, 15) is 0 Å². The van der Waals surface area contributed by atoms with Crippen LogP contribution < -0.4 is 9.80 Å². The number of rotatable bonds is 9. The summed E-state index contributed by atoms with van der Waals surface area (Å²) in [6.07, 6.45) is 0. The highest BCUT2D eigenvalue weighted by Gasteiger charge is 2.50. The Bertz CT molecular complexity index is 3400. The second-order valence-corrected chi connectivity index (χ2v) is 16.5. The molecule has 0 spiro atoms. The molecule has 1 aromatic heterocycles. The average molecular weight is 818 g/mol. The van der Waals surface area contributed by atoms with E-state index in [0.717, 1.165) is 39.6 Å². The molecule has 1 aliphatic carbocycles. The van der Waals surface area contributed by atoms with Gasteiger partial charge in [0, 0.05) is 44.9 Å². The van der Waals surface area contributed by atoms with E-state index in [1.807, 2.05) is 0 Å². The van der Waals surface area contributed by atoms with Crippen LogP contribution in [-0.2, 0) is 5.54 Å². The van der Waals surface area contributed by atoms with Crippen LogP contribution in [0.15, 0.2) is 261 Å². The summed E-state index contributed by atoms with van der Waals surface area (Å²) < 4.78 is 2.43. The van der Waals surface area contributed by atoms with E-state index in [1.165, 1.54) is 55.2 Å². The van der Waals surface area contributed by atoms with E-state index >= 15 is 0 Å². The molecule has 0 N–H and O–H groups in total. The number of hydrogen-bond acceptors (Lipinski definition) is 2. The van der Waals surface area contributed by atoms with Gasteiger partial charge in [-0.05, 0) is 118 Å². The Balaban J connectivity index is 1.12. The summed E-state index contributed by atoms with van der Waals surface area (Å²) in [5.41, 5.74) is 16.7. The molecule has 1 unspecified atom stereocenters. The highest BCUT2D eigenvalue weighted by atomic mass is 15.2. The van der Waals surface area contributed by atoms with Crippen molar-refractivity contribution in [2.45, 2.75) is 5.54 Å². The summed E-state index contributed by atoms with van der Waals surface area (Å²) in [7, 11) is 0. The van der Waals surface area contributed by atoms with E-state index in [2.05, 4.69) is 275 Å². The molecule has 3 nitrogen and oxygen atoms in total. The SMILES string of the molecule is c1ccc(-c2cccc(-n3c4ccccc4c4ccc(N(c5ccccc5)c5ccc6c(c5)C(c5ccccc5)(N(c5ccccc5)c5ccccc5)c5ccccc5-6)cc43)c2)cc1. The summed E-state index contributed by atoms with van der Waals surface area (Å²) in [4.78, 5) is 4.98. The zero-order chi connectivity index (χ0) is 42.5. The van der Waals surface area contributed by atoms with Crippen LogP contribution in [-0.4, -0.2) is 4.57 Å². The van der Waals surface area contributed by atoms with Gasteiger partial charge in [0.15, 0.2) is 0 Å². The molecule has 0 saturated carbocycles. The van der Waals surface area contributed by atoms with E-state index in [-0.39, 0.29) is 0 Å². The summed E-state index contributed by atoms with van der Waals surface area (Å²) in [5, 5.41) is 2.44. The van der Waals surface area contributed by atoms with Crippen molar-refractivity contribution in [3.8, 4) is 27.9 Å². The normalized spacial score (nSPS) is 14.0. The van der Waals surface area contributed by atoms with Gasteiger partial charge in [-0.15, -0.1) is 0 Å². The monoisotopic (exact) mass is 817 g/mol. The van der Waals surface area contributed by atoms with Crippen molar-refractivity contribution >= 4 is 50.2 Å². The van der Waals surface area contributed by atoms with Gasteiger partial charge in [-0.25, -0.2) is 0 Å². The van der Waals surface area contributed by atoms with Gasteiger partial charge in [0.25, 0.3) is 0 Å². The third-order valence-corrected chi connectivity index (χ3v) is 13.0. The van der Waals surface area contributed by atoms with E-state index in [4.69, 9.17) is 0 Å². The highest BCUT2D eigenvalue weighted by Crippen LogP contribution is 2.58. The fourth-order valence-corrected chi connectivity index (χ4v) is 10.3. The van der Waals surface area contributed by atoms with Gasteiger partial charge < -0.3 is 14.4 Å². The number of benzene rings is 10. The van der Waals surface area contributed by atoms with Crippen molar-refractivity contribution in [1.29, 1.82) is 0 Å². The molecule has 0 aliphatic heterocycles. The molecule has 0 saturated heterocycles. The minimum atomic E-state index is -0.728. The second kappa shape index (κ2) is 15.5. The van der Waals surface area contributed by atoms with Crippen LogP contribution in [0.25, 0.3) is 49.7 Å². The van der Waals surface area contributed by atoms with Crippen molar-refractivity contribution in [2.75, 3.05) is 9.80 Å². The van der Waals surface area contributed by atoms with Crippen molar-refractivity contribution < 1.29 is 0 Å². The van der Waals surface area contributed by atoms with Gasteiger partial charge in [0.05, 0.1) is 11.0 Å². The number of para-hydroxylation sites is 4. The number of fused-ring (bicyclic) bond motifs is 6. The van der Waals surface area contributed by atoms with Gasteiger partial charge in [-0.2, -0.15) is 0 Å². The highest BCUT2D eigenvalue weighted by molar-refractivity contribution is 6.10. The van der Waals surface area contributed by atoms with Crippen molar-refractivity contribution in [3.05, 3.63) is 278 Å². The third kappa shape index (κ3) is 5.97. The van der Waals surface area contributed by atoms with Gasteiger partial charge in [-0.3, -0.25) is 0 Å². The zero-order valence-corrected chi connectivity index (χ0v) is 35.2. The van der Waals surface area contributed by atoms with E-state index < -0.39 is 5.54 Å². The van der Waals surface area contributed by atoms with E-state index in [1.54, 1.807) is 0 Å². The molecular weight excluding hydrogens is 775 g/mol. The third-order valence-electron chi connectivity index (χ3n) is 13.0. The Labute approximate surface area is 374 Å². The Morgan fingerprint density at radius 3 is 1.56 bits per heavy atom. The lowest BCUT2D eigenvalue weighted by atomic mass is 9.78. The standard InChI is InChI=1S/C61H43N3/c1-6-21-44(22-7-1)45-23-20-32-50(41-45)63-59-36-19-17-34-55(59)56-40-38-52(43-60(56)63)62(47-26-10-3-11-27-47)51-37-39-54-53-33-16-18-35-57(53)61(58(54)42-51,46-24-8-2-9-25-46)64(48-28-12-4-13-29-48)49-30-14-5-15-31-49/h1-43H. The molecule has 0 bridgehead atoms. The Hall–Kier alpha value is -8.40. The minimum absolute atomic E-state index is 0.728. The van der Waals surface area contributed by atoms with Crippen molar-refractivity contribution in [3.63, 3.8) is 0 Å². The fraction of sp³-hybridized carbons (Fsp3) is 0.0164. The number of anilines is 5. The minimum Gasteiger partial charge on any atom is -0.323 e. The first-order valence-corrected chi connectivity index (χ1v) is 22.0. The number of aromatic nitrogens is 1. The van der Waals surface area contributed by atoms with Gasteiger partial charge in [0.2, 0.25) is 0 Å². The topological polar surface area (TPSA) is 11.4 Å². The first-order valence-electron chi connectivity index (χ1n) is 22.0. The zero-order valence-electron chi connectivity index (χ0n) is 35.2. The lowest BCUT2D eigenvalue weighted by molar-refractivity contribution is 0.644.